The minimum atomic E-state index is -0.284. The largest absolute Gasteiger partial charge is 0.398 e. The highest BCUT2D eigenvalue weighted by atomic mass is 32.2. The van der Waals surface area contributed by atoms with E-state index >= 15 is 0 Å². The van der Waals surface area contributed by atoms with Crippen molar-refractivity contribution in [2.45, 2.75) is 9.79 Å². The molecule has 0 unspecified atom stereocenters. The summed E-state index contributed by atoms with van der Waals surface area (Å²) in [7, 11) is 3.38. The number of hydrogen-bond acceptors (Lipinski definition) is 3. The van der Waals surface area contributed by atoms with Crippen LogP contribution >= 0.6 is 11.8 Å². The van der Waals surface area contributed by atoms with Gasteiger partial charge in [0.2, 0.25) is 0 Å². The summed E-state index contributed by atoms with van der Waals surface area (Å²) in [6.07, 6.45) is 0. The van der Waals surface area contributed by atoms with E-state index in [0.717, 1.165) is 9.79 Å². The Morgan fingerprint density at radius 2 is 1.95 bits per heavy atom. The van der Waals surface area contributed by atoms with Crippen LogP contribution in [0.3, 0.4) is 0 Å². The number of anilines is 1. The van der Waals surface area contributed by atoms with Crippen molar-refractivity contribution in [1.82, 2.24) is 4.90 Å². The van der Waals surface area contributed by atoms with Crippen LogP contribution in [0.5, 0.6) is 0 Å². The van der Waals surface area contributed by atoms with E-state index in [2.05, 4.69) is 0 Å². The summed E-state index contributed by atoms with van der Waals surface area (Å²) < 4.78 is 13.1. The molecule has 0 spiro atoms. The van der Waals surface area contributed by atoms with Crippen molar-refractivity contribution >= 4 is 23.4 Å². The average Bonchev–Trinajstić information content (AvgIpc) is 2.40. The molecular weight excluding hydrogens is 275 g/mol. The summed E-state index contributed by atoms with van der Waals surface area (Å²) >= 11 is 1.37. The van der Waals surface area contributed by atoms with Crippen LogP contribution < -0.4 is 5.73 Å². The molecule has 0 aliphatic carbocycles. The van der Waals surface area contributed by atoms with Crippen LogP contribution in [0.15, 0.2) is 52.3 Å². The molecule has 0 atom stereocenters. The molecule has 20 heavy (non-hydrogen) atoms. The lowest BCUT2D eigenvalue weighted by Gasteiger charge is -2.12. The molecule has 5 heteroatoms. The van der Waals surface area contributed by atoms with E-state index in [1.807, 2.05) is 6.07 Å². The van der Waals surface area contributed by atoms with Crippen LogP contribution in [0.4, 0.5) is 10.1 Å². The molecule has 0 radical (unpaired) electrons. The van der Waals surface area contributed by atoms with Crippen molar-refractivity contribution in [1.29, 1.82) is 0 Å². The van der Waals surface area contributed by atoms with Gasteiger partial charge in [0.15, 0.2) is 0 Å². The first-order chi connectivity index (χ1) is 9.47. The van der Waals surface area contributed by atoms with E-state index < -0.39 is 0 Å². The van der Waals surface area contributed by atoms with E-state index in [1.54, 1.807) is 38.4 Å². The average molecular weight is 290 g/mol. The highest BCUT2D eigenvalue weighted by Gasteiger charge is 2.10. The van der Waals surface area contributed by atoms with Crippen molar-refractivity contribution in [2.75, 3.05) is 19.8 Å². The summed E-state index contributed by atoms with van der Waals surface area (Å²) in [6, 6.07) is 11.4. The second kappa shape index (κ2) is 5.96. The van der Waals surface area contributed by atoms with Crippen molar-refractivity contribution in [2.24, 2.45) is 0 Å². The Bertz CT molecular complexity index is 644. The molecule has 3 nitrogen and oxygen atoms in total. The maximum absolute atomic E-state index is 13.1. The summed E-state index contributed by atoms with van der Waals surface area (Å²) in [5.41, 5.74) is 7.00. The van der Waals surface area contributed by atoms with Gasteiger partial charge < -0.3 is 10.6 Å². The van der Waals surface area contributed by atoms with Crippen molar-refractivity contribution in [3.8, 4) is 0 Å². The number of benzene rings is 2. The Hall–Kier alpha value is -2.01. The van der Waals surface area contributed by atoms with E-state index in [4.69, 9.17) is 5.73 Å². The predicted octanol–water partition coefficient (Wildman–Crippen LogP) is 3.26. The maximum atomic E-state index is 13.1. The fourth-order valence-electron chi connectivity index (χ4n) is 1.69. The molecule has 2 N–H and O–H groups in total. The molecule has 2 aromatic rings. The van der Waals surface area contributed by atoms with Crippen LogP contribution in [0.25, 0.3) is 0 Å². The first-order valence-corrected chi connectivity index (χ1v) is 6.83. The van der Waals surface area contributed by atoms with Gasteiger partial charge in [0, 0.05) is 35.1 Å². The number of nitrogens with two attached hydrogens (primary N) is 1. The predicted molar refractivity (Wildman–Crippen MR) is 79.4 cm³/mol. The van der Waals surface area contributed by atoms with Crippen molar-refractivity contribution in [3.63, 3.8) is 0 Å². The number of carbonyl (C=O) groups excluding carboxylic acids is 1. The third kappa shape index (κ3) is 3.30. The molecule has 0 saturated heterocycles. The lowest BCUT2D eigenvalue weighted by atomic mass is 10.2. The van der Waals surface area contributed by atoms with Crippen LogP contribution in [-0.2, 0) is 0 Å². The lowest BCUT2D eigenvalue weighted by molar-refractivity contribution is 0.0827. The number of carbonyl (C=O) groups is 1. The molecule has 0 saturated carbocycles. The summed E-state index contributed by atoms with van der Waals surface area (Å²) in [5.74, 6) is -0.382. The van der Waals surface area contributed by atoms with Gasteiger partial charge >= 0.3 is 0 Å². The van der Waals surface area contributed by atoms with Gasteiger partial charge in [-0.2, -0.15) is 0 Å². The normalized spacial score (nSPS) is 10.3. The molecule has 2 rings (SSSR count). The molecule has 0 bridgehead atoms. The summed E-state index contributed by atoms with van der Waals surface area (Å²) in [4.78, 5) is 14.9. The number of hydrogen-bond donors (Lipinski definition) is 1. The van der Waals surface area contributed by atoms with Crippen LogP contribution in [0, 0.1) is 5.82 Å². The van der Waals surface area contributed by atoms with E-state index in [0.29, 0.717) is 11.3 Å². The van der Waals surface area contributed by atoms with Gasteiger partial charge in [0.1, 0.15) is 5.82 Å². The summed E-state index contributed by atoms with van der Waals surface area (Å²) in [5, 5.41) is 0. The van der Waals surface area contributed by atoms with Gasteiger partial charge in [-0.25, -0.2) is 4.39 Å². The lowest BCUT2D eigenvalue weighted by Crippen LogP contribution is -2.21. The van der Waals surface area contributed by atoms with Crippen LogP contribution in [-0.4, -0.2) is 24.9 Å². The number of nitrogen functional groups attached to an aromatic ring is 1. The minimum Gasteiger partial charge on any atom is -0.398 e. The Morgan fingerprint density at radius 3 is 2.55 bits per heavy atom. The van der Waals surface area contributed by atoms with Crippen molar-refractivity contribution in [3.05, 3.63) is 53.8 Å². The fraction of sp³-hybridized carbons (Fsp3) is 0.133. The molecule has 0 aromatic heterocycles. The van der Waals surface area contributed by atoms with E-state index in [9.17, 15) is 9.18 Å². The zero-order valence-electron chi connectivity index (χ0n) is 11.3. The molecule has 2 aromatic carbocycles. The highest BCUT2D eigenvalue weighted by Crippen LogP contribution is 2.32. The number of rotatable bonds is 3. The minimum absolute atomic E-state index is 0.0981. The SMILES string of the molecule is CN(C)C(=O)c1ccc(Sc2cccc(F)c2)c(N)c1. The second-order valence-electron chi connectivity index (χ2n) is 4.51. The van der Waals surface area contributed by atoms with Gasteiger partial charge in [0.05, 0.1) is 0 Å². The Kier molecular flexibility index (Phi) is 4.29. The number of halogens is 1. The van der Waals surface area contributed by atoms with Gasteiger partial charge in [-0.1, -0.05) is 17.8 Å². The molecular formula is C15H15FN2OS. The second-order valence-corrected chi connectivity index (χ2v) is 5.63. The fourth-order valence-corrected chi connectivity index (χ4v) is 2.58. The van der Waals surface area contributed by atoms with Crippen LogP contribution in [0.1, 0.15) is 10.4 Å². The smallest absolute Gasteiger partial charge is 0.253 e. The zero-order valence-corrected chi connectivity index (χ0v) is 12.1. The number of amides is 1. The molecule has 104 valence electrons. The first-order valence-electron chi connectivity index (χ1n) is 6.02. The first kappa shape index (κ1) is 14.4. The Morgan fingerprint density at radius 1 is 1.20 bits per heavy atom. The Balaban J connectivity index is 2.24. The zero-order chi connectivity index (χ0) is 14.7. The molecule has 0 aliphatic rings. The third-order valence-electron chi connectivity index (χ3n) is 2.69. The summed E-state index contributed by atoms with van der Waals surface area (Å²) in [6.45, 7) is 0. The van der Waals surface area contributed by atoms with Crippen molar-refractivity contribution < 1.29 is 9.18 Å². The van der Waals surface area contributed by atoms with E-state index in [1.165, 1.54) is 28.8 Å². The van der Waals surface area contributed by atoms with Crippen LogP contribution in [0.2, 0.25) is 0 Å². The quantitative estimate of drug-likeness (QED) is 0.883. The van der Waals surface area contributed by atoms with E-state index in [-0.39, 0.29) is 11.7 Å². The van der Waals surface area contributed by atoms with Gasteiger partial charge in [-0.15, -0.1) is 0 Å². The molecule has 0 aliphatic heterocycles. The standard InChI is InChI=1S/C15H15FN2OS/c1-18(2)15(19)10-6-7-14(13(17)8-10)20-12-5-3-4-11(16)9-12/h3-9H,17H2,1-2H3. The third-order valence-corrected chi connectivity index (χ3v) is 3.77. The van der Waals surface area contributed by atoms with Gasteiger partial charge in [-0.3, -0.25) is 4.79 Å². The highest BCUT2D eigenvalue weighted by molar-refractivity contribution is 7.99. The molecule has 0 fully saturated rings. The monoisotopic (exact) mass is 290 g/mol. The van der Waals surface area contributed by atoms with Gasteiger partial charge in [0.25, 0.3) is 5.91 Å². The number of nitrogens with zero attached hydrogens (tertiary/aromatic N) is 1. The topological polar surface area (TPSA) is 46.3 Å². The maximum Gasteiger partial charge on any atom is 0.253 e. The molecule has 1 amide bonds. The molecule has 0 heterocycles. The Labute approximate surface area is 121 Å². The van der Waals surface area contributed by atoms with Gasteiger partial charge in [-0.05, 0) is 36.4 Å².